The zero-order valence-electron chi connectivity index (χ0n) is 29.7. The summed E-state index contributed by atoms with van der Waals surface area (Å²) in [5.74, 6) is 2.00. The third-order valence-corrected chi connectivity index (χ3v) is 8.14. The van der Waals surface area contributed by atoms with Gasteiger partial charge >= 0.3 is 250 Å². The SMILES string of the molecule is CC(C)(C)c1cc(C(C)(C)C)c([O][Al+][O]c2c(C(C)(C)C)cc(C(C)(C)C)cc2C(C)(C)C)c(C(C)(C)C)c1.[H-]. The van der Waals surface area contributed by atoms with E-state index in [0.717, 1.165) is 11.5 Å². The van der Waals surface area contributed by atoms with Crippen molar-refractivity contribution in [3.63, 3.8) is 0 Å². The second-order valence-corrected chi connectivity index (χ2v) is 18.3. The van der Waals surface area contributed by atoms with Crippen LogP contribution in [-0.4, -0.2) is 15.9 Å². The Morgan fingerprint density at radius 1 is 0.385 bits per heavy atom. The minimum Gasteiger partial charge on any atom is -1.00 e. The summed E-state index contributed by atoms with van der Waals surface area (Å²) in [7, 11) is 0. The van der Waals surface area contributed by atoms with E-state index in [-0.39, 0.29) is 33.9 Å². The Morgan fingerprint density at radius 2 is 0.590 bits per heavy atom. The second kappa shape index (κ2) is 10.8. The molecule has 0 aromatic heterocycles. The molecule has 2 nitrogen and oxygen atoms in total. The summed E-state index contributed by atoms with van der Waals surface area (Å²) in [5, 5.41) is 0. The van der Waals surface area contributed by atoms with Crippen molar-refractivity contribution in [1.29, 1.82) is 0 Å². The molecule has 0 aliphatic heterocycles. The van der Waals surface area contributed by atoms with E-state index >= 15 is 0 Å². The maximum absolute atomic E-state index is 6.79. The third-order valence-electron chi connectivity index (χ3n) is 7.47. The van der Waals surface area contributed by atoms with Crippen molar-refractivity contribution in [3.05, 3.63) is 57.6 Å². The molecule has 0 bridgehead atoms. The number of benzene rings is 2. The van der Waals surface area contributed by atoms with E-state index in [1.165, 1.54) is 33.4 Å². The van der Waals surface area contributed by atoms with Crippen LogP contribution in [0.2, 0.25) is 0 Å². The van der Waals surface area contributed by atoms with Crippen LogP contribution < -0.4 is 7.58 Å². The molecule has 0 amide bonds. The molecule has 39 heavy (non-hydrogen) atoms. The average Bonchev–Trinajstić information content (AvgIpc) is 2.68. The average molecular weight is 551 g/mol. The normalized spacial score (nSPS) is 13.8. The van der Waals surface area contributed by atoms with E-state index in [1.54, 1.807) is 0 Å². The summed E-state index contributed by atoms with van der Waals surface area (Å²) in [6, 6.07) is 9.46. The minimum atomic E-state index is -0.770. The molecular weight excluding hydrogens is 491 g/mol. The fourth-order valence-electron chi connectivity index (χ4n) is 4.73. The molecule has 0 spiro atoms. The first kappa shape index (κ1) is 33.8. The maximum Gasteiger partial charge on any atom is -1.00 e. The topological polar surface area (TPSA) is 18.5 Å². The predicted octanol–water partition coefficient (Wildman–Crippen LogP) is 10.6. The van der Waals surface area contributed by atoms with Gasteiger partial charge in [-0.05, 0) is 0 Å². The molecule has 218 valence electrons. The van der Waals surface area contributed by atoms with Crippen LogP contribution in [0.25, 0.3) is 0 Å². The van der Waals surface area contributed by atoms with E-state index in [2.05, 4.69) is 149 Å². The quantitative estimate of drug-likeness (QED) is 0.353. The fraction of sp³-hybridized carbons (Fsp3) is 0.667. The van der Waals surface area contributed by atoms with Gasteiger partial charge in [-0.15, -0.1) is 0 Å². The molecule has 0 saturated heterocycles. The Hall–Kier alpha value is -1.43. The minimum absolute atomic E-state index is 0. The van der Waals surface area contributed by atoms with E-state index in [4.69, 9.17) is 7.58 Å². The fourth-order valence-corrected chi connectivity index (χ4v) is 5.47. The van der Waals surface area contributed by atoms with E-state index in [1.807, 2.05) is 0 Å². The maximum atomic E-state index is 6.79. The third kappa shape index (κ3) is 8.30. The van der Waals surface area contributed by atoms with Gasteiger partial charge in [0.05, 0.1) is 0 Å². The zero-order valence-corrected chi connectivity index (χ0v) is 29.9. The van der Waals surface area contributed by atoms with Crippen molar-refractivity contribution >= 4 is 15.9 Å². The molecule has 2 aromatic carbocycles. The molecule has 0 aliphatic rings. The van der Waals surface area contributed by atoms with Gasteiger partial charge in [0.25, 0.3) is 0 Å². The summed E-state index contributed by atoms with van der Waals surface area (Å²) >= 11 is -0.770. The van der Waals surface area contributed by atoms with Crippen molar-refractivity contribution in [2.75, 3.05) is 0 Å². The monoisotopic (exact) mass is 550 g/mol. The first-order valence-electron chi connectivity index (χ1n) is 14.7. The summed E-state index contributed by atoms with van der Waals surface area (Å²) in [4.78, 5) is 0. The van der Waals surface area contributed by atoms with Crippen molar-refractivity contribution in [3.8, 4) is 11.5 Å². The summed E-state index contributed by atoms with van der Waals surface area (Å²) in [5.41, 5.74) is 7.60. The van der Waals surface area contributed by atoms with Gasteiger partial charge in [0, 0.05) is 0 Å². The first-order valence-corrected chi connectivity index (χ1v) is 15.6. The van der Waals surface area contributed by atoms with Gasteiger partial charge in [-0.3, -0.25) is 0 Å². The van der Waals surface area contributed by atoms with E-state index in [0.29, 0.717) is 0 Å². The predicted molar refractivity (Wildman–Crippen MR) is 173 cm³/mol. The van der Waals surface area contributed by atoms with Crippen LogP contribution in [0, 0.1) is 0 Å². The van der Waals surface area contributed by atoms with Crippen LogP contribution in [0.5, 0.6) is 11.5 Å². The summed E-state index contributed by atoms with van der Waals surface area (Å²) < 4.78 is 13.6. The zero-order chi connectivity index (χ0) is 30.6. The molecule has 0 radical (unpaired) electrons. The van der Waals surface area contributed by atoms with Gasteiger partial charge in [-0.25, -0.2) is 0 Å². The van der Waals surface area contributed by atoms with E-state index in [9.17, 15) is 0 Å². The number of rotatable bonds is 4. The molecule has 0 heterocycles. The van der Waals surface area contributed by atoms with Crippen molar-refractivity contribution in [1.82, 2.24) is 0 Å². The van der Waals surface area contributed by atoms with Crippen LogP contribution in [0.4, 0.5) is 0 Å². The molecule has 2 aromatic rings. The Balaban J connectivity index is 0.00000800. The van der Waals surface area contributed by atoms with E-state index < -0.39 is 15.9 Å². The molecule has 2 rings (SSSR count). The summed E-state index contributed by atoms with van der Waals surface area (Å²) in [6.45, 7) is 41.1. The number of hydrogen-bond donors (Lipinski definition) is 0. The van der Waals surface area contributed by atoms with Crippen molar-refractivity contribution < 1.29 is 9.00 Å². The standard InChI is InChI=1S/2C18H30O.Al.H/c2*1-16(2,3)12-10-13(17(4,5)6)15(19)14(11-12)18(7,8)9;;/h2*10-11,19H,1-9H3;;/q;;+3;-1/p-2. The van der Waals surface area contributed by atoms with Gasteiger partial charge in [0.2, 0.25) is 0 Å². The van der Waals surface area contributed by atoms with Crippen LogP contribution >= 0.6 is 0 Å². The Bertz CT molecular complexity index is 1000. The molecule has 3 heteroatoms. The van der Waals surface area contributed by atoms with Crippen molar-refractivity contribution in [2.24, 2.45) is 0 Å². The van der Waals surface area contributed by atoms with Gasteiger partial charge in [-0.1, -0.05) is 0 Å². The Labute approximate surface area is 250 Å². The smallest absolute Gasteiger partial charge is 1.00 e. The first-order chi connectivity index (χ1) is 17.1. The molecule has 0 saturated carbocycles. The molecule has 0 N–H and O–H groups in total. The van der Waals surface area contributed by atoms with Crippen LogP contribution in [0.15, 0.2) is 24.3 Å². The van der Waals surface area contributed by atoms with Crippen molar-refractivity contribution in [2.45, 2.75) is 157 Å². The van der Waals surface area contributed by atoms with Crippen LogP contribution in [0.3, 0.4) is 0 Å². The molecular formula is C36H59AlO2. The Kier molecular flexibility index (Phi) is 9.32. The van der Waals surface area contributed by atoms with Gasteiger partial charge in [0.15, 0.2) is 0 Å². The van der Waals surface area contributed by atoms with Gasteiger partial charge < -0.3 is 1.43 Å². The number of hydrogen-bond acceptors (Lipinski definition) is 2. The van der Waals surface area contributed by atoms with Gasteiger partial charge in [-0.2, -0.15) is 0 Å². The second-order valence-electron chi connectivity index (χ2n) is 17.6. The Morgan fingerprint density at radius 3 is 0.744 bits per heavy atom. The largest absolute Gasteiger partial charge is 1.00 e. The molecule has 0 unspecified atom stereocenters. The molecule has 0 aliphatic carbocycles. The van der Waals surface area contributed by atoms with Crippen LogP contribution in [0.1, 0.15) is 159 Å². The molecule has 0 fully saturated rings. The van der Waals surface area contributed by atoms with Gasteiger partial charge in [0.1, 0.15) is 0 Å². The molecule has 0 atom stereocenters. The summed E-state index contributed by atoms with van der Waals surface area (Å²) in [6.07, 6.45) is 0. The van der Waals surface area contributed by atoms with Crippen LogP contribution in [-0.2, 0) is 32.5 Å².